The highest BCUT2D eigenvalue weighted by Gasteiger charge is 2.30. The topological polar surface area (TPSA) is 9.72 Å². The average Bonchev–Trinajstić information content (AvgIpc) is 2.94. The Labute approximate surface area is 116 Å². The van der Waals surface area contributed by atoms with E-state index in [-0.39, 0.29) is 0 Å². The monoisotopic (exact) mass is 259 g/mol. The Hall–Kier alpha value is -1.22. The van der Waals surface area contributed by atoms with Gasteiger partial charge in [-0.3, -0.25) is 4.90 Å². The van der Waals surface area contributed by atoms with Gasteiger partial charge < -0.3 is 9.80 Å². The molecule has 19 heavy (non-hydrogen) atoms. The quantitative estimate of drug-likeness (QED) is 0.825. The molecule has 0 aromatic heterocycles. The maximum atomic E-state index is 2.66. The lowest BCUT2D eigenvalue weighted by Crippen LogP contribution is -2.50. The van der Waals surface area contributed by atoms with E-state index in [2.05, 4.69) is 52.9 Å². The maximum absolute atomic E-state index is 2.66. The van der Waals surface area contributed by atoms with Crippen molar-refractivity contribution in [1.29, 1.82) is 0 Å². The molecule has 0 saturated carbocycles. The van der Waals surface area contributed by atoms with Crippen LogP contribution in [0, 0.1) is 0 Å². The van der Waals surface area contributed by atoms with Gasteiger partial charge in [-0.2, -0.15) is 0 Å². The van der Waals surface area contributed by atoms with Gasteiger partial charge in [0.1, 0.15) is 0 Å². The molecule has 0 radical (unpaired) electrons. The third-order valence-corrected chi connectivity index (χ3v) is 4.72. The average molecular weight is 259 g/mol. The van der Waals surface area contributed by atoms with Crippen molar-refractivity contribution < 1.29 is 0 Å². The van der Waals surface area contributed by atoms with Gasteiger partial charge in [0.15, 0.2) is 0 Å². The second kappa shape index (κ2) is 5.41. The van der Waals surface area contributed by atoms with Gasteiger partial charge in [0.2, 0.25) is 0 Å². The minimum atomic E-state index is 0.798. The molecule has 0 N–H and O–H groups in total. The molecule has 2 heterocycles. The first-order valence-electron chi connectivity index (χ1n) is 7.58. The molecule has 3 nitrogen and oxygen atoms in total. The number of hydrogen-bond donors (Lipinski definition) is 0. The van der Waals surface area contributed by atoms with Crippen LogP contribution in [0.1, 0.15) is 19.8 Å². The first-order chi connectivity index (χ1) is 9.28. The van der Waals surface area contributed by atoms with Gasteiger partial charge in [-0.1, -0.05) is 0 Å². The minimum Gasteiger partial charge on any atom is -0.375 e. The molecule has 1 aromatic carbocycles. The summed E-state index contributed by atoms with van der Waals surface area (Å²) in [6, 6.07) is 9.87. The first kappa shape index (κ1) is 12.8. The van der Waals surface area contributed by atoms with E-state index < -0.39 is 0 Å². The largest absolute Gasteiger partial charge is 0.375 e. The van der Waals surface area contributed by atoms with E-state index in [0.29, 0.717) is 0 Å². The van der Waals surface area contributed by atoms with E-state index in [4.69, 9.17) is 0 Å². The SMILES string of the molecule is CCN(C)c1ccc(N2CCN3CCCC3C2)cc1. The van der Waals surface area contributed by atoms with E-state index in [1.165, 1.54) is 50.4 Å². The molecule has 2 saturated heterocycles. The fourth-order valence-corrected chi connectivity index (χ4v) is 3.33. The van der Waals surface area contributed by atoms with Crippen molar-refractivity contribution in [3.05, 3.63) is 24.3 Å². The van der Waals surface area contributed by atoms with Crippen LogP contribution in [0.4, 0.5) is 11.4 Å². The Morgan fingerprint density at radius 2 is 1.95 bits per heavy atom. The molecule has 0 spiro atoms. The van der Waals surface area contributed by atoms with Crippen LogP contribution in [0.25, 0.3) is 0 Å². The predicted octanol–water partition coefficient (Wildman–Crippen LogP) is 2.43. The second-order valence-corrected chi connectivity index (χ2v) is 5.81. The summed E-state index contributed by atoms with van der Waals surface area (Å²) in [5, 5.41) is 0. The van der Waals surface area contributed by atoms with E-state index in [1.54, 1.807) is 0 Å². The Balaban J connectivity index is 1.69. The second-order valence-electron chi connectivity index (χ2n) is 5.81. The number of benzene rings is 1. The molecule has 2 aliphatic rings. The lowest BCUT2D eigenvalue weighted by atomic mass is 10.1. The Morgan fingerprint density at radius 1 is 1.16 bits per heavy atom. The highest BCUT2D eigenvalue weighted by molar-refractivity contribution is 5.56. The van der Waals surface area contributed by atoms with Gasteiger partial charge in [-0.15, -0.1) is 0 Å². The van der Waals surface area contributed by atoms with Crippen molar-refractivity contribution >= 4 is 11.4 Å². The van der Waals surface area contributed by atoms with Crippen LogP contribution in [0.3, 0.4) is 0 Å². The van der Waals surface area contributed by atoms with Gasteiger partial charge in [0, 0.05) is 50.6 Å². The summed E-state index contributed by atoms with van der Waals surface area (Å²) in [6.45, 7) is 8.19. The fraction of sp³-hybridized carbons (Fsp3) is 0.625. The van der Waals surface area contributed by atoms with Gasteiger partial charge in [-0.05, 0) is 50.6 Å². The van der Waals surface area contributed by atoms with E-state index in [0.717, 1.165) is 12.6 Å². The number of piperazine rings is 1. The van der Waals surface area contributed by atoms with Crippen molar-refractivity contribution in [3.8, 4) is 0 Å². The first-order valence-corrected chi connectivity index (χ1v) is 7.58. The molecular formula is C16H25N3. The molecule has 0 bridgehead atoms. The van der Waals surface area contributed by atoms with E-state index in [1.807, 2.05) is 0 Å². The number of anilines is 2. The molecule has 3 heteroatoms. The summed E-state index contributed by atoms with van der Waals surface area (Å²) in [5.74, 6) is 0. The highest BCUT2D eigenvalue weighted by atomic mass is 15.3. The predicted molar refractivity (Wildman–Crippen MR) is 82.2 cm³/mol. The molecule has 2 aliphatic heterocycles. The van der Waals surface area contributed by atoms with Crippen LogP contribution in [0.5, 0.6) is 0 Å². The molecule has 2 fully saturated rings. The zero-order valence-corrected chi connectivity index (χ0v) is 12.2. The summed E-state index contributed by atoms with van der Waals surface area (Å²) in [7, 11) is 2.15. The summed E-state index contributed by atoms with van der Waals surface area (Å²) < 4.78 is 0. The highest BCUT2D eigenvalue weighted by Crippen LogP contribution is 2.26. The van der Waals surface area contributed by atoms with Crippen LogP contribution in [-0.4, -0.2) is 50.7 Å². The summed E-state index contributed by atoms with van der Waals surface area (Å²) in [5.41, 5.74) is 2.70. The summed E-state index contributed by atoms with van der Waals surface area (Å²) in [4.78, 5) is 7.50. The van der Waals surface area contributed by atoms with Crippen molar-refractivity contribution in [1.82, 2.24) is 4.90 Å². The lowest BCUT2D eigenvalue weighted by molar-refractivity contribution is 0.231. The zero-order valence-electron chi connectivity index (χ0n) is 12.2. The molecular weight excluding hydrogens is 234 g/mol. The minimum absolute atomic E-state index is 0.798. The third kappa shape index (κ3) is 2.57. The van der Waals surface area contributed by atoms with Crippen molar-refractivity contribution in [2.24, 2.45) is 0 Å². The summed E-state index contributed by atoms with van der Waals surface area (Å²) >= 11 is 0. The van der Waals surface area contributed by atoms with E-state index in [9.17, 15) is 0 Å². The van der Waals surface area contributed by atoms with Crippen LogP contribution >= 0.6 is 0 Å². The van der Waals surface area contributed by atoms with Crippen LogP contribution < -0.4 is 9.80 Å². The maximum Gasteiger partial charge on any atom is 0.0368 e. The van der Waals surface area contributed by atoms with Gasteiger partial charge in [0.25, 0.3) is 0 Å². The Morgan fingerprint density at radius 3 is 2.68 bits per heavy atom. The standard InChI is InChI=1S/C16H25N3/c1-3-17(2)14-6-8-15(9-7-14)19-12-11-18-10-4-5-16(18)13-19/h6-9,16H,3-5,10-13H2,1-2H3. The Kier molecular flexibility index (Phi) is 3.65. The number of fused-ring (bicyclic) bond motifs is 1. The van der Waals surface area contributed by atoms with Gasteiger partial charge >= 0.3 is 0 Å². The number of hydrogen-bond acceptors (Lipinski definition) is 3. The van der Waals surface area contributed by atoms with Crippen molar-refractivity contribution in [2.75, 3.05) is 49.6 Å². The van der Waals surface area contributed by atoms with E-state index >= 15 is 0 Å². The third-order valence-electron chi connectivity index (χ3n) is 4.72. The van der Waals surface area contributed by atoms with Gasteiger partial charge in [0.05, 0.1) is 0 Å². The number of nitrogens with zero attached hydrogens (tertiary/aromatic N) is 3. The molecule has 0 amide bonds. The van der Waals surface area contributed by atoms with Crippen LogP contribution in [0.15, 0.2) is 24.3 Å². The summed E-state index contributed by atoms with van der Waals surface area (Å²) in [6.07, 6.45) is 2.77. The van der Waals surface area contributed by atoms with Crippen LogP contribution in [0.2, 0.25) is 0 Å². The molecule has 1 aromatic rings. The molecule has 1 atom stereocenters. The van der Waals surface area contributed by atoms with Crippen molar-refractivity contribution in [2.45, 2.75) is 25.8 Å². The smallest absolute Gasteiger partial charge is 0.0368 e. The van der Waals surface area contributed by atoms with Crippen LogP contribution in [-0.2, 0) is 0 Å². The number of rotatable bonds is 3. The van der Waals surface area contributed by atoms with Gasteiger partial charge in [-0.25, -0.2) is 0 Å². The lowest BCUT2D eigenvalue weighted by Gasteiger charge is -2.39. The molecule has 104 valence electrons. The fourth-order valence-electron chi connectivity index (χ4n) is 3.33. The molecule has 3 rings (SSSR count). The normalized spacial score (nSPS) is 23.5. The molecule has 1 unspecified atom stereocenters. The van der Waals surface area contributed by atoms with Crippen molar-refractivity contribution in [3.63, 3.8) is 0 Å². The molecule has 0 aliphatic carbocycles. The Bertz CT molecular complexity index is 415. The zero-order chi connectivity index (χ0) is 13.2.